The van der Waals surface area contributed by atoms with Crippen LogP contribution in [0.4, 0.5) is 11.6 Å². The molecule has 3 N–H and O–H groups in total. The fourth-order valence-corrected chi connectivity index (χ4v) is 1.71. The lowest BCUT2D eigenvalue weighted by molar-refractivity contribution is 0.619. The fraction of sp³-hybridized carbons (Fsp3) is 0.667. The smallest absolute Gasteiger partial charge is 0.134 e. The Bertz CT molecular complexity index is 349. The number of nitrogen functional groups attached to an aromatic ring is 1. The van der Waals surface area contributed by atoms with Gasteiger partial charge in [-0.05, 0) is 26.7 Å². The molecule has 0 fully saturated rings. The molecule has 0 bridgehead atoms. The third-order valence-electron chi connectivity index (χ3n) is 2.77. The monoisotopic (exact) mass is 222 g/mol. The Morgan fingerprint density at radius 3 is 2.50 bits per heavy atom. The molecule has 1 unspecified atom stereocenters. The van der Waals surface area contributed by atoms with Gasteiger partial charge in [0, 0.05) is 11.6 Å². The molecule has 0 aliphatic carbocycles. The first-order valence-corrected chi connectivity index (χ1v) is 5.95. The standard InChI is InChI=1S/C12H22N4/c1-5-7-10(6-2)16-12-8(3)11(13)14-9(4)15-12/h10H,5-7H2,1-4H3,(H3,13,14,15,16). The third-order valence-corrected chi connectivity index (χ3v) is 2.77. The molecule has 0 radical (unpaired) electrons. The second-order valence-corrected chi connectivity index (χ2v) is 4.17. The normalized spacial score (nSPS) is 12.5. The van der Waals surface area contributed by atoms with Gasteiger partial charge in [-0.1, -0.05) is 20.3 Å². The summed E-state index contributed by atoms with van der Waals surface area (Å²) in [4.78, 5) is 8.54. The zero-order chi connectivity index (χ0) is 12.1. The van der Waals surface area contributed by atoms with Crippen molar-refractivity contribution in [3.05, 3.63) is 11.4 Å². The molecule has 4 heteroatoms. The highest BCUT2D eigenvalue weighted by Gasteiger charge is 2.10. The van der Waals surface area contributed by atoms with Gasteiger partial charge in [-0.2, -0.15) is 0 Å². The lowest BCUT2D eigenvalue weighted by atomic mass is 10.1. The van der Waals surface area contributed by atoms with Gasteiger partial charge in [0.25, 0.3) is 0 Å². The number of aromatic nitrogens is 2. The topological polar surface area (TPSA) is 63.8 Å². The number of aryl methyl sites for hydroxylation is 1. The van der Waals surface area contributed by atoms with Gasteiger partial charge in [-0.25, -0.2) is 9.97 Å². The summed E-state index contributed by atoms with van der Waals surface area (Å²) in [6.07, 6.45) is 3.42. The predicted octanol–water partition coefficient (Wildman–Crippen LogP) is 2.67. The molecule has 90 valence electrons. The molecule has 1 rings (SSSR count). The minimum absolute atomic E-state index is 0.470. The summed E-state index contributed by atoms with van der Waals surface area (Å²) in [5, 5.41) is 3.45. The number of hydrogen-bond donors (Lipinski definition) is 2. The van der Waals surface area contributed by atoms with Gasteiger partial charge in [-0.15, -0.1) is 0 Å². The first-order chi connectivity index (χ1) is 7.58. The second-order valence-electron chi connectivity index (χ2n) is 4.17. The van der Waals surface area contributed by atoms with E-state index in [0.29, 0.717) is 11.9 Å². The number of nitrogens with zero attached hydrogens (tertiary/aromatic N) is 2. The van der Waals surface area contributed by atoms with Crippen LogP contribution in [0.5, 0.6) is 0 Å². The molecule has 0 aliphatic heterocycles. The lowest BCUT2D eigenvalue weighted by Gasteiger charge is -2.18. The summed E-state index contributed by atoms with van der Waals surface area (Å²) >= 11 is 0. The first kappa shape index (κ1) is 12.7. The van der Waals surface area contributed by atoms with Crippen molar-refractivity contribution < 1.29 is 0 Å². The highest BCUT2D eigenvalue weighted by atomic mass is 15.1. The predicted molar refractivity (Wildman–Crippen MR) is 68.5 cm³/mol. The Kier molecular flexibility index (Phi) is 4.52. The highest BCUT2D eigenvalue weighted by Crippen LogP contribution is 2.19. The van der Waals surface area contributed by atoms with Gasteiger partial charge in [0.15, 0.2) is 0 Å². The van der Waals surface area contributed by atoms with Gasteiger partial charge in [0.1, 0.15) is 17.5 Å². The number of nitrogens with one attached hydrogen (secondary N) is 1. The molecule has 0 amide bonds. The van der Waals surface area contributed by atoms with Crippen molar-refractivity contribution in [1.82, 2.24) is 9.97 Å². The van der Waals surface area contributed by atoms with E-state index in [1.54, 1.807) is 0 Å². The van der Waals surface area contributed by atoms with Crippen molar-refractivity contribution in [2.75, 3.05) is 11.1 Å². The van der Waals surface area contributed by atoms with Gasteiger partial charge in [0.2, 0.25) is 0 Å². The molecule has 16 heavy (non-hydrogen) atoms. The van der Waals surface area contributed by atoms with E-state index in [0.717, 1.165) is 30.0 Å². The molecule has 1 heterocycles. The van der Waals surface area contributed by atoms with Crippen LogP contribution in [0.1, 0.15) is 44.5 Å². The average Bonchev–Trinajstić information content (AvgIpc) is 2.24. The molecule has 1 atom stereocenters. The van der Waals surface area contributed by atoms with Crippen molar-refractivity contribution in [3.8, 4) is 0 Å². The largest absolute Gasteiger partial charge is 0.383 e. The Hall–Kier alpha value is -1.32. The Labute approximate surface area is 97.7 Å². The maximum absolute atomic E-state index is 5.82. The summed E-state index contributed by atoms with van der Waals surface area (Å²) in [5.74, 6) is 2.17. The molecule has 4 nitrogen and oxygen atoms in total. The quantitative estimate of drug-likeness (QED) is 0.804. The minimum Gasteiger partial charge on any atom is -0.383 e. The van der Waals surface area contributed by atoms with Crippen LogP contribution in [0.25, 0.3) is 0 Å². The van der Waals surface area contributed by atoms with E-state index >= 15 is 0 Å². The molecule has 0 saturated carbocycles. The van der Waals surface area contributed by atoms with E-state index in [2.05, 4.69) is 29.1 Å². The van der Waals surface area contributed by atoms with E-state index in [1.165, 1.54) is 6.42 Å². The van der Waals surface area contributed by atoms with Crippen molar-refractivity contribution in [3.63, 3.8) is 0 Å². The molecule has 0 aliphatic rings. The van der Waals surface area contributed by atoms with Crippen LogP contribution in [0.2, 0.25) is 0 Å². The molecule has 0 aromatic carbocycles. The summed E-state index contributed by atoms with van der Waals surface area (Å²) in [6, 6.07) is 0.470. The number of rotatable bonds is 5. The van der Waals surface area contributed by atoms with Gasteiger partial charge in [-0.3, -0.25) is 0 Å². The number of nitrogens with two attached hydrogens (primary N) is 1. The Balaban J connectivity index is 2.87. The van der Waals surface area contributed by atoms with E-state index in [4.69, 9.17) is 5.73 Å². The molecular formula is C12H22N4. The lowest BCUT2D eigenvalue weighted by Crippen LogP contribution is -2.20. The van der Waals surface area contributed by atoms with Crippen molar-refractivity contribution >= 4 is 11.6 Å². The van der Waals surface area contributed by atoms with Crippen LogP contribution < -0.4 is 11.1 Å². The zero-order valence-electron chi connectivity index (χ0n) is 10.7. The fourth-order valence-electron chi connectivity index (χ4n) is 1.71. The van der Waals surface area contributed by atoms with Crippen LogP contribution in [0.15, 0.2) is 0 Å². The second kappa shape index (κ2) is 5.68. The van der Waals surface area contributed by atoms with Crippen molar-refractivity contribution in [2.45, 2.75) is 53.0 Å². The maximum atomic E-state index is 5.82. The van der Waals surface area contributed by atoms with Crippen LogP contribution in [0, 0.1) is 13.8 Å². The van der Waals surface area contributed by atoms with Crippen molar-refractivity contribution in [2.24, 2.45) is 0 Å². The Morgan fingerprint density at radius 1 is 1.25 bits per heavy atom. The van der Waals surface area contributed by atoms with E-state index in [1.807, 2.05) is 13.8 Å². The molecule has 1 aromatic heterocycles. The molecule has 0 saturated heterocycles. The maximum Gasteiger partial charge on any atom is 0.134 e. The highest BCUT2D eigenvalue weighted by molar-refractivity contribution is 5.55. The average molecular weight is 222 g/mol. The van der Waals surface area contributed by atoms with E-state index in [-0.39, 0.29) is 0 Å². The van der Waals surface area contributed by atoms with Gasteiger partial charge < -0.3 is 11.1 Å². The number of hydrogen-bond acceptors (Lipinski definition) is 4. The summed E-state index contributed by atoms with van der Waals surface area (Å²) in [6.45, 7) is 8.19. The minimum atomic E-state index is 0.470. The summed E-state index contributed by atoms with van der Waals surface area (Å²) in [7, 11) is 0. The summed E-state index contributed by atoms with van der Waals surface area (Å²) in [5.41, 5.74) is 6.77. The van der Waals surface area contributed by atoms with Gasteiger partial charge in [0.05, 0.1) is 0 Å². The SMILES string of the molecule is CCCC(CC)Nc1nc(C)nc(N)c1C. The van der Waals surface area contributed by atoms with Gasteiger partial charge >= 0.3 is 0 Å². The van der Waals surface area contributed by atoms with E-state index in [9.17, 15) is 0 Å². The van der Waals surface area contributed by atoms with Crippen LogP contribution in [-0.2, 0) is 0 Å². The molecule has 0 spiro atoms. The Morgan fingerprint density at radius 2 is 1.94 bits per heavy atom. The van der Waals surface area contributed by atoms with E-state index < -0.39 is 0 Å². The van der Waals surface area contributed by atoms with Crippen LogP contribution >= 0.6 is 0 Å². The first-order valence-electron chi connectivity index (χ1n) is 5.95. The number of anilines is 2. The molecular weight excluding hydrogens is 200 g/mol. The van der Waals surface area contributed by atoms with Crippen LogP contribution in [-0.4, -0.2) is 16.0 Å². The molecule has 1 aromatic rings. The third kappa shape index (κ3) is 3.08. The van der Waals surface area contributed by atoms with Crippen LogP contribution in [0.3, 0.4) is 0 Å². The summed E-state index contributed by atoms with van der Waals surface area (Å²) < 4.78 is 0. The zero-order valence-corrected chi connectivity index (χ0v) is 10.7. The van der Waals surface area contributed by atoms with Crippen molar-refractivity contribution in [1.29, 1.82) is 0 Å².